The van der Waals surface area contributed by atoms with Gasteiger partial charge in [0.1, 0.15) is 0 Å². The Morgan fingerprint density at radius 2 is 2.31 bits per heavy atom. The molecule has 0 spiro atoms. The van der Waals surface area contributed by atoms with Crippen molar-refractivity contribution < 1.29 is 19.1 Å². The Morgan fingerprint density at radius 3 is 2.81 bits per heavy atom. The maximum absolute atomic E-state index is 11.4. The van der Waals surface area contributed by atoms with Crippen molar-refractivity contribution in [3.8, 4) is 0 Å². The molecule has 0 aliphatic carbocycles. The second-order valence-electron chi connectivity index (χ2n) is 3.40. The molecule has 1 saturated heterocycles. The topological polar surface area (TPSA) is 56.8 Å². The van der Waals surface area contributed by atoms with E-state index in [2.05, 4.69) is 15.1 Å². The lowest BCUT2D eigenvalue weighted by Gasteiger charge is -2.06. The quantitative estimate of drug-likeness (QED) is 0.440. The van der Waals surface area contributed by atoms with Gasteiger partial charge < -0.3 is 9.47 Å². The number of hydroxylamine groups is 1. The summed E-state index contributed by atoms with van der Waals surface area (Å²) in [5, 5.41) is 0. The molecule has 1 aliphatic rings. The molecule has 16 heavy (non-hydrogen) atoms. The van der Waals surface area contributed by atoms with Crippen LogP contribution in [0.15, 0.2) is 23.4 Å². The number of esters is 1. The molecule has 0 saturated carbocycles. The molecule has 0 amide bonds. The molecule has 0 radical (unpaired) electrons. The van der Waals surface area contributed by atoms with Crippen LogP contribution in [0.1, 0.15) is 13.3 Å². The lowest BCUT2D eigenvalue weighted by Crippen LogP contribution is -2.11. The van der Waals surface area contributed by atoms with Gasteiger partial charge in [-0.1, -0.05) is 0 Å². The predicted molar refractivity (Wildman–Crippen MR) is 58.4 cm³/mol. The summed E-state index contributed by atoms with van der Waals surface area (Å²) < 4.78 is 10.1. The maximum Gasteiger partial charge on any atom is 0.339 e. The van der Waals surface area contributed by atoms with Gasteiger partial charge in [-0.2, -0.15) is 0 Å². The van der Waals surface area contributed by atoms with E-state index in [0.717, 1.165) is 12.0 Å². The number of hydrogen-bond donors (Lipinski definition) is 1. The van der Waals surface area contributed by atoms with Crippen LogP contribution in [-0.2, 0) is 19.1 Å². The largest absolute Gasteiger partial charge is 0.465 e. The van der Waals surface area contributed by atoms with E-state index < -0.39 is 5.97 Å². The van der Waals surface area contributed by atoms with Crippen LogP contribution in [0.3, 0.4) is 0 Å². The van der Waals surface area contributed by atoms with Crippen molar-refractivity contribution in [3.63, 3.8) is 0 Å². The molecule has 1 rings (SSSR count). The average Bonchev–Trinajstić information content (AvgIpc) is 2.69. The van der Waals surface area contributed by atoms with Crippen LogP contribution in [0.2, 0.25) is 0 Å². The van der Waals surface area contributed by atoms with Crippen LogP contribution in [0.25, 0.3) is 0 Å². The van der Waals surface area contributed by atoms with Crippen molar-refractivity contribution in [1.29, 1.82) is 0 Å². The van der Waals surface area contributed by atoms with Crippen LogP contribution in [0.4, 0.5) is 0 Å². The van der Waals surface area contributed by atoms with Gasteiger partial charge in [-0.25, -0.2) is 4.79 Å². The fourth-order valence-corrected chi connectivity index (χ4v) is 1.45. The third kappa shape index (κ3) is 3.36. The molecular formula is C11H17NO4. The fourth-order valence-electron chi connectivity index (χ4n) is 1.45. The Labute approximate surface area is 95.0 Å². The molecule has 1 aliphatic heterocycles. The maximum atomic E-state index is 11.4. The minimum absolute atomic E-state index is 0.0515. The summed E-state index contributed by atoms with van der Waals surface area (Å²) in [4.78, 5) is 16.1. The van der Waals surface area contributed by atoms with Gasteiger partial charge in [-0.15, -0.1) is 0 Å². The Hall–Kier alpha value is -1.33. The molecule has 5 heteroatoms. The van der Waals surface area contributed by atoms with Gasteiger partial charge in [0.15, 0.2) is 0 Å². The highest BCUT2D eigenvalue weighted by molar-refractivity contribution is 5.91. The zero-order valence-corrected chi connectivity index (χ0v) is 9.78. The minimum Gasteiger partial charge on any atom is -0.465 e. The summed E-state index contributed by atoms with van der Waals surface area (Å²) in [7, 11) is 2.82. The number of nitrogens with one attached hydrogen (secondary N) is 1. The van der Waals surface area contributed by atoms with Gasteiger partial charge in [0, 0.05) is 6.20 Å². The number of rotatable bonds is 4. The monoisotopic (exact) mass is 227 g/mol. The molecule has 90 valence electrons. The fraction of sp³-hybridized carbons (Fsp3) is 0.545. The molecular weight excluding hydrogens is 210 g/mol. The summed E-state index contributed by atoms with van der Waals surface area (Å²) in [5.74, 6) is -0.406. The van der Waals surface area contributed by atoms with Gasteiger partial charge in [0.25, 0.3) is 0 Å². The number of ether oxygens (including phenoxy) is 2. The van der Waals surface area contributed by atoms with Crippen molar-refractivity contribution in [2.75, 3.05) is 20.8 Å². The zero-order valence-electron chi connectivity index (χ0n) is 9.78. The summed E-state index contributed by atoms with van der Waals surface area (Å²) in [6, 6.07) is 0. The molecule has 1 unspecified atom stereocenters. The van der Waals surface area contributed by atoms with Crippen LogP contribution in [0, 0.1) is 0 Å². The molecule has 1 N–H and O–H groups in total. The SMILES string of the molecule is CON/C=C(\C=C1/CCOC1C)C(=O)OC. The van der Waals surface area contributed by atoms with Crippen molar-refractivity contribution in [2.45, 2.75) is 19.4 Å². The molecule has 0 aromatic rings. The van der Waals surface area contributed by atoms with E-state index >= 15 is 0 Å². The Kier molecular flexibility index (Phi) is 5.01. The first-order valence-corrected chi connectivity index (χ1v) is 5.08. The van der Waals surface area contributed by atoms with Crippen molar-refractivity contribution in [3.05, 3.63) is 23.4 Å². The van der Waals surface area contributed by atoms with Crippen LogP contribution >= 0.6 is 0 Å². The van der Waals surface area contributed by atoms with Gasteiger partial charge in [0.05, 0.1) is 32.5 Å². The van der Waals surface area contributed by atoms with Gasteiger partial charge in [-0.05, 0) is 25.0 Å². The number of carbonyl (C=O) groups is 1. The molecule has 0 aromatic carbocycles. The second-order valence-corrected chi connectivity index (χ2v) is 3.40. The lowest BCUT2D eigenvalue weighted by molar-refractivity contribution is -0.135. The summed E-state index contributed by atoms with van der Waals surface area (Å²) in [6.07, 6.45) is 4.12. The Morgan fingerprint density at radius 1 is 1.56 bits per heavy atom. The van der Waals surface area contributed by atoms with Crippen LogP contribution in [-0.4, -0.2) is 32.9 Å². The predicted octanol–water partition coefficient (Wildman–Crippen LogP) is 0.929. The first-order valence-electron chi connectivity index (χ1n) is 5.08. The molecule has 1 atom stereocenters. The lowest BCUT2D eigenvalue weighted by atomic mass is 10.1. The van der Waals surface area contributed by atoms with E-state index in [1.165, 1.54) is 20.4 Å². The van der Waals surface area contributed by atoms with Gasteiger partial charge in [0.2, 0.25) is 0 Å². The second kappa shape index (κ2) is 6.30. The van der Waals surface area contributed by atoms with E-state index in [0.29, 0.717) is 12.2 Å². The number of hydrogen-bond acceptors (Lipinski definition) is 5. The van der Waals surface area contributed by atoms with Crippen molar-refractivity contribution in [1.82, 2.24) is 5.48 Å². The van der Waals surface area contributed by atoms with E-state index in [1.54, 1.807) is 6.08 Å². The van der Waals surface area contributed by atoms with E-state index in [9.17, 15) is 4.79 Å². The van der Waals surface area contributed by atoms with Crippen LogP contribution < -0.4 is 5.48 Å². The zero-order chi connectivity index (χ0) is 12.0. The van der Waals surface area contributed by atoms with Crippen LogP contribution in [0.5, 0.6) is 0 Å². The summed E-state index contributed by atoms with van der Waals surface area (Å²) in [6.45, 7) is 2.65. The first-order chi connectivity index (χ1) is 7.69. The van der Waals surface area contributed by atoms with E-state index in [-0.39, 0.29) is 6.10 Å². The minimum atomic E-state index is -0.406. The van der Waals surface area contributed by atoms with E-state index in [4.69, 9.17) is 4.74 Å². The molecule has 5 nitrogen and oxygen atoms in total. The smallest absolute Gasteiger partial charge is 0.339 e. The summed E-state index contributed by atoms with van der Waals surface area (Å²) >= 11 is 0. The van der Waals surface area contributed by atoms with Gasteiger partial charge >= 0.3 is 5.97 Å². The first kappa shape index (κ1) is 12.7. The van der Waals surface area contributed by atoms with Crippen molar-refractivity contribution >= 4 is 5.97 Å². The third-order valence-electron chi connectivity index (χ3n) is 2.38. The molecule has 1 fully saturated rings. The van der Waals surface area contributed by atoms with Gasteiger partial charge in [-0.3, -0.25) is 10.3 Å². The summed E-state index contributed by atoms with van der Waals surface area (Å²) in [5.41, 5.74) is 4.00. The third-order valence-corrected chi connectivity index (χ3v) is 2.38. The number of methoxy groups -OCH3 is 1. The molecule has 1 heterocycles. The average molecular weight is 227 g/mol. The Balaban J connectivity index is 2.81. The Bertz CT molecular complexity index is 309. The molecule has 0 aromatic heterocycles. The highest BCUT2D eigenvalue weighted by atomic mass is 16.6. The van der Waals surface area contributed by atoms with E-state index in [1.807, 2.05) is 6.92 Å². The number of carbonyl (C=O) groups excluding carboxylic acids is 1. The highest BCUT2D eigenvalue weighted by Crippen LogP contribution is 2.21. The molecule has 0 bridgehead atoms. The van der Waals surface area contributed by atoms with Crippen molar-refractivity contribution in [2.24, 2.45) is 0 Å². The highest BCUT2D eigenvalue weighted by Gasteiger charge is 2.18. The normalized spacial score (nSPS) is 23.6. The standard InChI is InChI=1S/C11H17NO4/c1-8-9(4-5-16-8)6-10(7-12-15-3)11(13)14-2/h6-8,12H,4-5H2,1-3H3/b9-6+,10-7+.